The van der Waals surface area contributed by atoms with Gasteiger partial charge in [0.15, 0.2) is 11.5 Å². The molecule has 1 atom stereocenters. The zero-order valence-electron chi connectivity index (χ0n) is 17.1. The zero-order valence-corrected chi connectivity index (χ0v) is 17.1. The highest BCUT2D eigenvalue weighted by Crippen LogP contribution is 2.43. The lowest BCUT2D eigenvalue weighted by molar-refractivity contribution is -0.0983. The summed E-state index contributed by atoms with van der Waals surface area (Å²) in [5.74, 6) is -0.705. The lowest BCUT2D eigenvalue weighted by Crippen LogP contribution is -2.49. The molecular weight excluding hydrogens is 396 g/mol. The molecule has 1 aliphatic rings. The lowest BCUT2D eigenvalue weighted by atomic mass is 9.98. The van der Waals surface area contributed by atoms with Gasteiger partial charge in [-0.3, -0.25) is 0 Å². The van der Waals surface area contributed by atoms with E-state index >= 15 is 0 Å². The van der Waals surface area contributed by atoms with Gasteiger partial charge < -0.3 is 24.3 Å². The van der Waals surface area contributed by atoms with E-state index in [2.05, 4.69) is 10.1 Å². The van der Waals surface area contributed by atoms with Crippen molar-refractivity contribution in [3.8, 4) is 11.5 Å². The number of hydrogen-bond donors (Lipinski definition) is 1. The van der Waals surface area contributed by atoms with Crippen LogP contribution in [0.4, 0.5) is 14.5 Å². The van der Waals surface area contributed by atoms with E-state index in [1.807, 2.05) is 44.2 Å². The molecule has 2 aromatic rings. The van der Waals surface area contributed by atoms with Crippen LogP contribution in [0.15, 0.2) is 42.5 Å². The van der Waals surface area contributed by atoms with Gasteiger partial charge in [-0.05, 0) is 38.5 Å². The second-order valence-electron chi connectivity index (χ2n) is 7.28. The number of ether oxygens (including phenoxy) is 4. The molecular formula is C22H25F2NO5. The number of alkyl halides is 2. The predicted octanol–water partition coefficient (Wildman–Crippen LogP) is 4.63. The van der Waals surface area contributed by atoms with E-state index in [1.165, 1.54) is 12.1 Å². The summed E-state index contributed by atoms with van der Waals surface area (Å²) in [5.41, 5.74) is 0.695. The molecule has 30 heavy (non-hydrogen) atoms. The Morgan fingerprint density at radius 3 is 2.63 bits per heavy atom. The minimum atomic E-state index is -3.03. The van der Waals surface area contributed by atoms with E-state index in [0.29, 0.717) is 13.2 Å². The van der Waals surface area contributed by atoms with E-state index in [4.69, 9.17) is 14.2 Å². The third-order valence-corrected chi connectivity index (χ3v) is 4.79. The number of carbonyl (C=O) groups excluding carboxylic acids is 1. The van der Waals surface area contributed by atoms with Crippen molar-refractivity contribution in [2.75, 3.05) is 18.5 Å². The first kappa shape index (κ1) is 21.8. The summed E-state index contributed by atoms with van der Waals surface area (Å²) in [6.45, 7) is 3.22. The fourth-order valence-electron chi connectivity index (χ4n) is 3.13. The Labute approximate surface area is 174 Å². The summed E-state index contributed by atoms with van der Waals surface area (Å²) in [5, 5.41) is 3.11. The van der Waals surface area contributed by atoms with E-state index < -0.39 is 24.3 Å². The largest absolute Gasteiger partial charge is 0.479 e. The SMILES string of the molecule is CCOC(=O)c1ccc(OC(F)F)c2c1NCC(C(C)(C)OCc1ccccc1)O2. The summed E-state index contributed by atoms with van der Waals surface area (Å²) in [7, 11) is 0. The molecule has 6 nitrogen and oxygen atoms in total. The third kappa shape index (κ3) is 4.99. The molecule has 0 aliphatic carbocycles. The van der Waals surface area contributed by atoms with Crippen LogP contribution < -0.4 is 14.8 Å². The van der Waals surface area contributed by atoms with Gasteiger partial charge in [0, 0.05) is 0 Å². The molecule has 8 heteroatoms. The number of carbonyl (C=O) groups is 1. The normalized spacial score (nSPS) is 15.7. The van der Waals surface area contributed by atoms with Crippen molar-refractivity contribution in [2.45, 2.75) is 45.7 Å². The highest BCUT2D eigenvalue weighted by atomic mass is 19.3. The standard InChI is InChI=1S/C22H25F2NO5/c1-4-27-20(26)15-10-11-16(29-21(23)24)19-18(15)25-12-17(30-19)22(2,3)28-13-14-8-6-5-7-9-14/h5-11,17,21,25H,4,12-13H2,1-3H3. The molecule has 162 valence electrons. The molecule has 0 amide bonds. The highest BCUT2D eigenvalue weighted by Gasteiger charge is 2.38. The monoisotopic (exact) mass is 421 g/mol. The Kier molecular flexibility index (Phi) is 6.77. The van der Waals surface area contributed by atoms with Crippen molar-refractivity contribution in [2.24, 2.45) is 0 Å². The fraction of sp³-hybridized carbons (Fsp3) is 0.409. The van der Waals surface area contributed by atoms with E-state index in [9.17, 15) is 13.6 Å². The third-order valence-electron chi connectivity index (χ3n) is 4.79. The van der Waals surface area contributed by atoms with E-state index in [0.717, 1.165) is 5.56 Å². The minimum Gasteiger partial charge on any atom is -0.479 e. The average molecular weight is 421 g/mol. The van der Waals surface area contributed by atoms with Crippen molar-refractivity contribution in [3.63, 3.8) is 0 Å². The van der Waals surface area contributed by atoms with Crippen molar-refractivity contribution < 1.29 is 32.5 Å². The number of halogens is 2. The van der Waals surface area contributed by atoms with Gasteiger partial charge in [-0.2, -0.15) is 8.78 Å². The van der Waals surface area contributed by atoms with Gasteiger partial charge in [-0.1, -0.05) is 30.3 Å². The van der Waals surface area contributed by atoms with Crippen molar-refractivity contribution in [3.05, 3.63) is 53.6 Å². The van der Waals surface area contributed by atoms with E-state index in [1.54, 1.807) is 6.92 Å². The average Bonchev–Trinajstić information content (AvgIpc) is 2.73. The second kappa shape index (κ2) is 9.30. The summed E-state index contributed by atoms with van der Waals surface area (Å²) in [4.78, 5) is 12.3. The summed E-state index contributed by atoms with van der Waals surface area (Å²) >= 11 is 0. The van der Waals surface area contributed by atoms with Crippen LogP contribution in [0.3, 0.4) is 0 Å². The smallest absolute Gasteiger partial charge is 0.387 e. The van der Waals surface area contributed by atoms with Crippen LogP contribution in [-0.4, -0.2) is 37.4 Å². The van der Waals surface area contributed by atoms with Crippen LogP contribution >= 0.6 is 0 Å². The van der Waals surface area contributed by atoms with Gasteiger partial charge in [0.1, 0.15) is 11.7 Å². The van der Waals surface area contributed by atoms with Crippen LogP contribution in [-0.2, 0) is 16.1 Å². The molecule has 1 N–H and O–H groups in total. The lowest BCUT2D eigenvalue weighted by Gasteiger charge is -2.39. The molecule has 0 saturated carbocycles. The van der Waals surface area contributed by atoms with Crippen LogP contribution in [0.25, 0.3) is 0 Å². The molecule has 1 unspecified atom stereocenters. The van der Waals surface area contributed by atoms with Crippen molar-refractivity contribution >= 4 is 11.7 Å². The van der Waals surface area contributed by atoms with Crippen molar-refractivity contribution in [1.29, 1.82) is 0 Å². The van der Waals surface area contributed by atoms with Gasteiger partial charge in [0.25, 0.3) is 0 Å². The summed E-state index contributed by atoms with van der Waals surface area (Å²) in [6, 6.07) is 12.3. The molecule has 3 rings (SSSR count). The molecule has 0 aromatic heterocycles. The van der Waals surface area contributed by atoms with Gasteiger partial charge in [0.2, 0.25) is 0 Å². The quantitative estimate of drug-likeness (QED) is 0.627. The van der Waals surface area contributed by atoms with Gasteiger partial charge in [0.05, 0.1) is 31.0 Å². The predicted molar refractivity (Wildman–Crippen MR) is 107 cm³/mol. The minimum absolute atomic E-state index is 0.0356. The summed E-state index contributed by atoms with van der Waals surface area (Å²) in [6.07, 6.45) is -0.522. The Morgan fingerprint density at radius 2 is 1.97 bits per heavy atom. The number of benzene rings is 2. The molecule has 1 heterocycles. The Balaban J connectivity index is 1.84. The maximum Gasteiger partial charge on any atom is 0.387 e. The van der Waals surface area contributed by atoms with Crippen molar-refractivity contribution in [1.82, 2.24) is 0 Å². The van der Waals surface area contributed by atoms with Crippen LogP contribution in [0.2, 0.25) is 0 Å². The van der Waals surface area contributed by atoms with Crippen LogP contribution in [0.5, 0.6) is 11.5 Å². The molecule has 0 fully saturated rings. The summed E-state index contributed by atoms with van der Waals surface area (Å²) < 4.78 is 47.5. The first-order valence-corrected chi connectivity index (χ1v) is 9.69. The van der Waals surface area contributed by atoms with Crippen LogP contribution in [0, 0.1) is 0 Å². The number of fused-ring (bicyclic) bond motifs is 1. The number of esters is 1. The van der Waals surface area contributed by atoms with Gasteiger partial charge in [-0.25, -0.2) is 4.79 Å². The first-order chi connectivity index (χ1) is 14.3. The number of nitrogens with one attached hydrogen (secondary N) is 1. The Hall–Kier alpha value is -2.87. The fourth-order valence-corrected chi connectivity index (χ4v) is 3.13. The Bertz CT molecular complexity index is 873. The topological polar surface area (TPSA) is 66.0 Å². The molecule has 0 bridgehead atoms. The maximum atomic E-state index is 12.9. The molecule has 0 radical (unpaired) electrons. The second-order valence-corrected chi connectivity index (χ2v) is 7.28. The molecule has 0 saturated heterocycles. The van der Waals surface area contributed by atoms with Crippen LogP contribution in [0.1, 0.15) is 36.7 Å². The van der Waals surface area contributed by atoms with Gasteiger partial charge >= 0.3 is 12.6 Å². The Morgan fingerprint density at radius 1 is 1.23 bits per heavy atom. The highest BCUT2D eigenvalue weighted by molar-refractivity contribution is 5.98. The number of rotatable bonds is 8. The molecule has 1 aliphatic heterocycles. The maximum absolute atomic E-state index is 12.9. The number of hydrogen-bond acceptors (Lipinski definition) is 6. The molecule has 0 spiro atoms. The van der Waals surface area contributed by atoms with Gasteiger partial charge in [-0.15, -0.1) is 0 Å². The first-order valence-electron chi connectivity index (χ1n) is 9.69. The van der Waals surface area contributed by atoms with E-state index in [-0.39, 0.29) is 29.4 Å². The number of anilines is 1. The molecule has 2 aromatic carbocycles. The zero-order chi connectivity index (χ0) is 21.7.